The lowest BCUT2D eigenvalue weighted by Crippen LogP contribution is -2.47. The van der Waals surface area contributed by atoms with Crippen molar-refractivity contribution < 1.29 is 9.22 Å². The molecule has 1 saturated heterocycles. The molecule has 3 nitrogen and oxygen atoms in total. The Morgan fingerprint density at radius 3 is 2.50 bits per heavy atom. The molecule has 2 saturated carbocycles. The Bertz CT molecular complexity index is 462. The van der Waals surface area contributed by atoms with E-state index in [-0.39, 0.29) is 16.9 Å². The average molecular weight is 319 g/mol. The Labute approximate surface area is 137 Å². The molecule has 5 atom stereocenters. The van der Waals surface area contributed by atoms with Crippen LogP contribution in [0.5, 0.6) is 0 Å². The molecule has 0 aromatic heterocycles. The molecule has 3 rings (SSSR count). The van der Waals surface area contributed by atoms with Crippen LogP contribution in [-0.2, 0) is 4.43 Å². The highest BCUT2D eigenvalue weighted by Gasteiger charge is 2.56. The monoisotopic (exact) mass is 319 g/mol. The maximum absolute atomic E-state index is 11.9. The van der Waals surface area contributed by atoms with E-state index in [1.165, 1.54) is 19.3 Å². The molecule has 1 heterocycles. The molecule has 3 fully saturated rings. The Balaban J connectivity index is 1.74. The summed E-state index contributed by atoms with van der Waals surface area (Å²) in [5.74, 6) is 2.69. The largest absolute Gasteiger partial charge is 0.415 e. The van der Waals surface area contributed by atoms with E-state index < -0.39 is 8.32 Å². The number of amides is 1. The first kappa shape index (κ1) is 16.6. The Morgan fingerprint density at radius 1 is 1.27 bits per heavy atom. The fourth-order valence-corrected chi connectivity index (χ4v) is 5.88. The van der Waals surface area contributed by atoms with E-state index in [4.69, 9.17) is 12.3 Å². The van der Waals surface area contributed by atoms with Crippen LogP contribution < -0.4 is 0 Å². The van der Waals surface area contributed by atoms with Crippen molar-refractivity contribution in [2.45, 2.75) is 64.2 Å². The van der Waals surface area contributed by atoms with Crippen LogP contribution in [0.1, 0.15) is 40.0 Å². The zero-order valence-electron chi connectivity index (χ0n) is 14.8. The topological polar surface area (TPSA) is 29.5 Å². The van der Waals surface area contributed by atoms with Crippen molar-refractivity contribution in [3.63, 3.8) is 0 Å². The van der Waals surface area contributed by atoms with Crippen molar-refractivity contribution in [1.29, 1.82) is 0 Å². The predicted molar refractivity (Wildman–Crippen MR) is 92.6 cm³/mol. The summed E-state index contributed by atoms with van der Waals surface area (Å²) in [6.45, 7) is 12.9. The molecule has 1 amide bonds. The van der Waals surface area contributed by atoms with E-state index in [0.29, 0.717) is 18.4 Å². The van der Waals surface area contributed by atoms with Gasteiger partial charge in [-0.25, -0.2) is 0 Å². The van der Waals surface area contributed by atoms with Gasteiger partial charge < -0.3 is 9.33 Å². The number of hydrogen-bond acceptors (Lipinski definition) is 2. The summed E-state index contributed by atoms with van der Waals surface area (Å²) < 4.78 is 6.46. The predicted octanol–water partition coefficient (Wildman–Crippen LogP) is 3.64. The second-order valence-electron chi connectivity index (χ2n) is 9.20. The second-order valence-corrected chi connectivity index (χ2v) is 14.0. The summed E-state index contributed by atoms with van der Waals surface area (Å²) >= 11 is 0. The molecular formula is C17H30BNO2Si. The molecule has 0 aromatic rings. The average Bonchev–Trinajstić information content (AvgIpc) is 3.06. The Hall–Kier alpha value is -0.288. The van der Waals surface area contributed by atoms with E-state index in [2.05, 4.69) is 33.9 Å². The molecule has 2 bridgehead atoms. The molecule has 0 spiro atoms. The number of hydrogen-bond donors (Lipinski definition) is 0. The van der Waals surface area contributed by atoms with Crippen LogP contribution in [0, 0.1) is 23.7 Å². The van der Waals surface area contributed by atoms with Crippen molar-refractivity contribution in [3.8, 4) is 0 Å². The summed E-state index contributed by atoms with van der Waals surface area (Å²) in [5.41, 5.74) is 0. The standard InChI is InChI=1S/C17H30BNO2Si/c1-17(2,3)22(4,5)21-10-14-15-12-7-6-11(8-12)13(15)9-19(14)16(18)20/h11-15H,6-10H2,1-5H3/t11?,12?,13?,14-,15?/m1/s1. The van der Waals surface area contributed by atoms with Crippen LogP contribution in [0.3, 0.4) is 0 Å². The first-order valence-electron chi connectivity index (χ1n) is 8.82. The van der Waals surface area contributed by atoms with Crippen LogP contribution in [0.4, 0.5) is 4.79 Å². The van der Waals surface area contributed by atoms with Crippen LogP contribution in [-0.4, -0.2) is 46.1 Å². The minimum absolute atomic E-state index is 0.206. The quantitative estimate of drug-likeness (QED) is 0.743. The highest BCUT2D eigenvalue weighted by Crippen LogP contribution is 2.57. The normalized spacial score (nSPS) is 37.7. The van der Waals surface area contributed by atoms with E-state index in [1.807, 2.05) is 4.90 Å². The SMILES string of the molecule is [B]C(=O)N1CC2C3CCC(C3)C2[C@H]1CO[Si](C)(C)C(C)(C)C. The van der Waals surface area contributed by atoms with Gasteiger partial charge in [0.15, 0.2) is 14.1 Å². The van der Waals surface area contributed by atoms with Crippen molar-refractivity contribution in [3.05, 3.63) is 0 Å². The van der Waals surface area contributed by atoms with E-state index in [0.717, 1.165) is 18.4 Å². The van der Waals surface area contributed by atoms with Crippen LogP contribution >= 0.6 is 0 Å². The fourth-order valence-electron chi connectivity index (χ4n) is 4.86. The highest BCUT2D eigenvalue weighted by atomic mass is 28.4. The van der Waals surface area contributed by atoms with Gasteiger partial charge in [0.1, 0.15) is 0 Å². The van der Waals surface area contributed by atoms with Gasteiger partial charge in [-0.2, -0.15) is 0 Å². The number of carbonyl (C=O) groups excluding carboxylic acids is 1. The smallest absolute Gasteiger partial charge is 0.200 e. The minimum atomic E-state index is -1.78. The van der Waals surface area contributed by atoms with Gasteiger partial charge in [-0.3, -0.25) is 4.79 Å². The molecule has 5 heteroatoms. The van der Waals surface area contributed by atoms with E-state index in [1.54, 1.807) is 0 Å². The van der Waals surface area contributed by atoms with Crippen LogP contribution in [0.2, 0.25) is 18.1 Å². The van der Waals surface area contributed by atoms with Crippen molar-refractivity contribution >= 4 is 22.0 Å². The molecule has 2 radical (unpaired) electrons. The first-order chi connectivity index (χ1) is 10.1. The van der Waals surface area contributed by atoms with Gasteiger partial charge in [-0.1, -0.05) is 20.8 Å². The van der Waals surface area contributed by atoms with Gasteiger partial charge in [-0.05, 0) is 61.1 Å². The molecule has 3 aliphatic rings. The van der Waals surface area contributed by atoms with Gasteiger partial charge in [0.25, 0.3) is 0 Å². The lowest BCUT2D eigenvalue weighted by Gasteiger charge is -2.39. The number of nitrogens with zero attached hydrogens (tertiary/aromatic N) is 1. The van der Waals surface area contributed by atoms with Crippen molar-refractivity contribution in [2.24, 2.45) is 23.7 Å². The number of likely N-dealkylation sites (tertiary alicyclic amines) is 1. The fraction of sp³-hybridized carbons (Fsp3) is 0.941. The molecular weight excluding hydrogens is 289 g/mol. The molecule has 0 N–H and O–H groups in total. The third-order valence-electron chi connectivity index (χ3n) is 7.11. The Kier molecular flexibility index (Phi) is 4.04. The van der Waals surface area contributed by atoms with Gasteiger partial charge in [-0.15, -0.1) is 0 Å². The van der Waals surface area contributed by atoms with Crippen molar-refractivity contribution in [1.82, 2.24) is 4.90 Å². The summed E-state index contributed by atoms with van der Waals surface area (Å²) in [6.07, 6.45) is 4.07. The summed E-state index contributed by atoms with van der Waals surface area (Å²) in [6, 6.07) is 0.215. The van der Waals surface area contributed by atoms with E-state index >= 15 is 0 Å². The van der Waals surface area contributed by atoms with Gasteiger partial charge >= 0.3 is 0 Å². The molecule has 122 valence electrons. The second kappa shape index (κ2) is 5.37. The summed E-state index contributed by atoms with van der Waals surface area (Å²) in [5, 5.41) is 0.206. The van der Waals surface area contributed by atoms with Gasteiger partial charge in [0.2, 0.25) is 7.85 Å². The lowest BCUT2D eigenvalue weighted by atomic mass is 9.78. The maximum Gasteiger partial charge on any atom is 0.200 e. The molecule has 22 heavy (non-hydrogen) atoms. The zero-order chi connectivity index (χ0) is 16.3. The molecule has 2 aliphatic carbocycles. The Morgan fingerprint density at radius 2 is 1.91 bits per heavy atom. The molecule has 1 aliphatic heterocycles. The number of carbonyl (C=O) groups is 1. The van der Waals surface area contributed by atoms with Crippen LogP contribution in [0.25, 0.3) is 0 Å². The van der Waals surface area contributed by atoms with Crippen molar-refractivity contribution in [2.75, 3.05) is 13.2 Å². The molecule has 4 unspecified atom stereocenters. The number of rotatable bonds is 3. The van der Waals surface area contributed by atoms with Gasteiger partial charge in [0.05, 0.1) is 12.6 Å². The third-order valence-corrected chi connectivity index (χ3v) is 11.6. The maximum atomic E-state index is 11.9. The highest BCUT2D eigenvalue weighted by molar-refractivity contribution is 6.74. The summed E-state index contributed by atoms with van der Waals surface area (Å²) in [7, 11) is 3.89. The first-order valence-corrected chi connectivity index (χ1v) is 11.7. The number of fused-ring (bicyclic) bond motifs is 5. The molecule has 0 aromatic carbocycles. The van der Waals surface area contributed by atoms with E-state index in [9.17, 15) is 4.79 Å². The lowest BCUT2D eigenvalue weighted by molar-refractivity contribution is 0.137. The summed E-state index contributed by atoms with van der Waals surface area (Å²) in [4.78, 5) is 13.8. The zero-order valence-corrected chi connectivity index (χ0v) is 15.8. The van der Waals surface area contributed by atoms with Gasteiger partial charge in [0, 0.05) is 6.54 Å². The van der Waals surface area contributed by atoms with Crippen LogP contribution in [0.15, 0.2) is 0 Å². The minimum Gasteiger partial charge on any atom is -0.415 e. The third kappa shape index (κ3) is 2.58.